The zero-order valence-electron chi connectivity index (χ0n) is 12.7. The molecule has 0 aliphatic rings. The largest absolute Gasteiger partial charge is 0.276 e. The Morgan fingerprint density at radius 3 is 2.56 bits per heavy atom. The molecule has 0 radical (unpaired) electrons. The molecule has 9 heteroatoms. The van der Waals surface area contributed by atoms with E-state index in [9.17, 15) is 12.8 Å². The minimum atomic E-state index is -3.90. The first-order chi connectivity index (χ1) is 11.8. The Morgan fingerprint density at radius 2 is 1.84 bits per heavy atom. The molecule has 0 atom stereocenters. The van der Waals surface area contributed by atoms with Crippen molar-refractivity contribution in [1.82, 2.24) is 9.78 Å². The molecule has 0 amide bonds. The fourth-order valence-corrected chi connectivity index (χ4v) is 3.96. The lowest BCUT2D eigenvalue weighted by Gasteiger charge is -2.08. The maximum atomic E-state index is 12.9. The van der Waals surface area contributed by atoms with Crippen LogP contribution in [0.5, 0.6) is 0 Å². The maximum Gasteiger partial charge on any atom is 0.263 e. The molecule has 3 aromatic rings. The van der Waals surface area contributed by atoms with Crippen molar-refractivity contribution in [3.05, 3.63) is 76.3 Å². The third kappa shape index (κ3) is 4.31. The number of hydrogen-bond acceptors (Lipinski definition) is 3. The van der Waals surface area contributed by atoms with Gasteiger partial charge in [0, 0.05) is 11.2 Å². The van der Waals surface area contributed by atoms with Crippen LogP contribution in [0.3, 0.4) is 0 Å². The third-order valence-corrected chi connectivity index (χ3v) is 5.42. The van der Waals surface area contributed by atoms with Gasteiger partial charge < -0.3 is 0 Å². The van der Waals surface area contributed by atoms with Crippen LogP contribution in [0.25, 0.3) is 0 Å². The SMILES string of the molecule is O=S(=O)(Nc1cnn(Cc2ccc(F)cc2)c1)c1cc(Cl)ccc1Cl. The van der Waals surface area contributed by atoms with Gasteiger partial charge in [-0.2, -0.15) is 5.10 Å². The van der Waals surface area contributed by atoms with E-state index >= 15 is 0 Å². The number of hydrogen-bond donors (Lipinski definition) is 1. The highest BCUT2D eigenvalue weighted by atomic mass is 35.5. The van der Waals surface area contributed by atoms with E-state index in [1.54, 1.807) is 12.1 Å². The third-order valence-electron chi connectivity index (χ3n) is 3.33. The molecule has 0 spiro atoms. The van der Waals surface area contributed by atoms with Gasteiger partial charge in [0.15, 0.2) is 0 Å². The maximum absolute atomic E-state index is 12.9. The summed E-state index contributed by atoms with van der Waals surface area (Å²) in [5.41, 5.74) is 1.11. The molecule has 0 aliphatic carbocycles. The van der Waals surface area contributed by atoms with Crippen molar-refractivity contribution in [2.45, 2.75) is 11.4 Å². The molecule has 0 unspecified atom stereocenters. The predicted molar refractivity (Wildman–Crippen MR) is 95.0 cm³/mol. The number of benzene rings is 2. The van der Waals surface area contributed by atoms with Crippen molar-refractivity contribution in [2.24, 2.45) is 0 Å². The molecule has 0 fully saturated rings. The highest BCUT2D eigenvalue weighted by Crippen LogP contribution is 2.26. The van der Waals surface area contributed by atoms with Gasteiger partial charge in [-0.3, -0.25) is 9.40 Å². The summed E-state index contributed by atoms with van der Waals surface area (Å²) in [6, 6.07) is 10.2. The van der Waals surface area contributed by atoms with Crippen molar-refractivity contribution in [3.8, 4) is 0 Å². The molecule has 0 aliphatic heterocycles. The van der Waals surface area contributed by atoms with Crippen LogP contribution in [-0.2, 0) is 16.6 Å². The minimum absolute atomic E-state index is 0.0654. The van der Waals surface area contributed by atoms with Crippen LogP contribution in [0.4, 0.5) is 10.1 Å². The highest BCUT2D eigenvalue weighted by Gasteiger charge is 2.19. The Morgan fingerprint density at radius 1 is 1.12 bits per heavy atom. The van der Waals surface area contributed by atoms with Crippen molar-refractivity contribution in [1.29, 1.82) is 0 Å². The summed E-state index contributed by atoms with van der Waals surface area (Å²) in [4.78, 5) is -0.118. The molecule has 1 heterocycles. The molecular formula is C16H12Cl2FN3O2S. The Labute approximate surface area is 154 Å². The summed E-state index contributed by atoms with van der Waals surface area (Å²) < 4.78 is 41.7. The summed E-state index contributed by atoms with van der Waals surface area (Å²) in [6.45, 7) is 0.375. The topological polar surface area (TPSA) is 64.0 Å². The molecule has 130 valence electrons. The van der Waals surface area contributed by atoms with Gasteiger partial charge >= 0.3 is 0 Å². The number of rotatable bonds is 5. The Kier molecular flexibility index (Phi) is 4.99. The summed E-state index contributed by atoms with van der Waals surface area (Å²) in [5.74, 6) is -0.323. The summed E-state index contributed by atoms with van der Waals surface area (Å²) >= 11 is 11.8. The van der Waals surface area contributed by atoms with Gasteiger partial charge in [0.2, 0.25) is 0 Å². The molecule has 1 aromatic heterocycles. The van der Waals surface area contributed by atoms with Crippen LogP contribution >= 0.6 is 23.2 Å². The first-order valence-electron chi connectivity index (χ1n) is 7.08. The number of nitrogens with one attached hydrogen (secondary N) is 1. The molecule has 3 rings (SSSR count). The standard InChI is InChI=1S/C16H12Cl2FN3O2S/c17-12-3-6-15(18)16(7-12)25(23,24)21-14-8-20-22(10-14)9-11-1-4-13(19)5-2-11/h1-8,10,21H,9H2. The molecular weight excluding hydrogens is 388 g/mol. The van der Waals surface area contributed by atoms with E-state index < -0.39 is 10.0 Å². The van der Waals surface area contributed by atoms with Crippen molar-refractivity contribution in [2.75, 3.05) is 4.72 Å². The molecule has 1 N–H and O–H groups in total. The highest BCUT2D eigenvalue weighted by molar-refractivity contribution is 7.92. The van der Waals surface area contributed by atoms with E-state index in [1.165, 1.54) is 47.4 Å². The monoisotopic (exact) mass is 399 g/mol. The van der Waals surface area contributed by atoms with Gasteiger partial charge in [-0.15, -0.1) is 0 Å². The number of aromatic nitrogens is 2. The zero-order chi connectivity index (χ0) is 18.0. The molecule has 5 nitrogen and oxygen atoms in total. The van der Waals surface area contributed by atoms with E-state index in [0.717, 1.165) is 5.56 Å². The second-order valence-electron chi connectivity index (χ2n) is 5.23. The summed E-state index contributed by atoms with van der Waals surface area (Å²) in [5, 5.41) is 4.41. The van der Waals surface area contributed by atoms with Crippen LogP contribution in [0.2, 0.25) is 10.0 Å². The molecule has 25 heavy (non-hydrogen) atoms. The first kappa shape index (κ1) is 17.7. The van der Waals surface area contributed by atoms with E-state index in [4.69, 9.17) is 23.2 Å². The predicted octanol–water partition coefficient (Wildman–Crippen LogP) is 4.18. The van der Waals surface area contributed by atoms with Crippen LogP contribution in [-0.4, -0.2) is 18.2 Å². The van der Waals surface area contributed by atoms with Gasteiger partial charge in [0.1, 0.15) is 10.7 Å². The van der Waals surface area contributed by atoms with Crippen molar-refractivity contribution >= 4 is 38.9 Å². The summed E-state index contributed by atoms with van der Waals surface area (Å²) in [6.07, 6.45) is 2.90. The second-order valence-corrected chi connectivity index (χ2v) is 7.73. The van der Waals surface area contributed by atoms with Gasteiger partial charge in [0.25, 0.3) is 10.0 Å². The fourth-order valence-electron chi connectivity index (χ4n) is 2.17. The van der Waals surface area contributed by atoms with Crippen molar-refractivity contribution < 1.29 is 12.8 Å². The lowest BCUT2D eigenvalue weighted by molar-refractivity contribution is 0.601. The van der Waals surface area contributed by atoms with E-state index in [0.29, 0.717) is 6.54 Å². The average Bonchev–Trinajstić information content (AvgIpc) is 2.98. The minimum Gasteiger partial charge on any atom is -0.276 e. The fraction of sp³-hybridized carbons (Fsp3) is 0.0625. The van der Waals surface area contributed by atoms with Gasteiger partial charge in [-0.25, -0.2) is 12.8 Å². The number of nitrogens with zero attached hydrogens (tertiary/aromatic N) is 2. The van der Waals surface area contributed by atoms with Crippen LogP contribution in [0, 0.1) is 5.82 Å². The summed E-state index contributed by atoms with van der Waals surface area (Å²) in [7, 11) is -3.90. The second kappa shape index (κ2) is 7.03. The first-order valence-corrected chi connectivity index (χ1v) is 9.32. The molecule has 2 aromatic carbocycles. The van der Waals surface area contributed by atoms with Crippen molar-refractivity contribution in [3.63, 3.8) is 0 Å². The van der Waals surface area contributed by atoms with Gasteiger partial charge in [-0.05, 0) is 35.9 Å². The smallest absolute Gasteiger partial charge is 0.263 e. The molecule has 0 saturated heterocycles. The normalized spacial score (nSPS) is 11.5. The number of halogens is 3. The van der Waals surface area contributed by atoms with Gasteiger partial charge in [0.05, 0.1) is 23.5 Å². The Bertz CT molecular complexity index is 1000. The average molecular weight is 400 g/mol. The lowest BCUT2D eigenvalue weighted by atomic mass is 10.2. The Hall–Kier alpha value is -2.09. The van der Waals surface area contributed by atoms with Gasteiger partial charge in [-0.1, -0.05) is 35.3 Å². The van der Waals surface area contributed by atoms with E-state index in [-0.39, 0.29) is 26.4 Å². The molecule has 0 bridgehead atoms. The zero-order valence-corrected chi connectivity index (χ0v) is 15.0. The lowest BCUT2D eigenvalue weighted by Crippen LogP contribution is -2.13. The number of anilines is 1. The van der Waals surface area contributed by atoms with Crippen LogP contribution < -0.4 is 4.72 Å². The number of sulfonamides is 1. The Balaban J connectivity index is 1.78. The van der Waals surface area contributed by atoms with E-state index in [1.807, 2.05) is 0 Å². The quantitative estimate of drug-likeness (QED) is 0.699. The van der Waals surface area contributed by atoms with Crippen LogP contribution in [0.1, 0.15) is 5.56 Å². The van der Waals surface area contributed by atoms with Crippen LogP contribution in [0.15, 0.2) is 59.8 Å². The van der Waals surface area contributed by atoms with E-state index in [2.05, 4.69) is 9.82 Å². The molecule has 0 saturated carbocycles.